The zero-order chi connectivity index (χ0) is 9.85. The molecule has 4 atom stereocenters. The Morgan fingerprint density at radius 2 is 2.15 bits per heavy atom. The van der Waals surface area contributed by atoms with Gasteiger partial charge in [0.1, 0.15) is 5.60 Å². The number of aliphatic hydroxyl groups is 1. The largest absolute Gasteiger partial charge is 0.390 e. The number of epoxide rings is 1. The SMILES string of the molecule is C=C(C)C1CC(O)C2(C)OC2(C)C1. The van der Waals surface area contributed by atoms with Crippen molar-refractivity contribution in [1.82, 2.24) is 0 Å². The minimum Gasteiger partial charge on any atom is -0.390 e. The number of fused-ring (bicyclic) bond motifs is 1. The molecule has 2 fully saturated rings. The van der Waals surface area contributed by atoms with E-state index in [1.807, 2.05) is 13.8 Å². The maximum absolute atomic E-state index is 9.90. The van der Waals surface area contributed by atoms with Crippen LogP contribution in [0.5, 0.6) is 0 Å². The molecule has 2 nitrogen and oxygen atoms in total. The van der Waals surface area contributed by atoms with Crippen LogP contribution in [0.1, 0.15) is 33.6 Å². The lowest BCUT2D eigenvalue weighted by Gasteiger charge is -2.31. The first kappa shape index (κ1) is 9.22. The number of hydrogen-bond donors (Lipinski definition) is 1. The molecule has 1 saturated carbocycles. The quantitative estimate of drug-likeness (QED) is 0.496. The molecule has 1 heterocycles. The summed E-state index contributed by atoms with van der Waals surface area (Å²) >= 11 is 0. The monoisotopic (exact) mass is 182 g/mol. The van der Waals surface area contributed by atoms with Gasteiger partial charge in [-0.3, -0.25) is 0 Å². The van der Waals surface area contributed by atoms with Gasteiger partial charge in [0, 0.05) is 0 Å². The molecular formula is C11H18O2. The summed E-state index contributed by atoms with van der Waals surface area (Å²) in [4.78, 5) is 0. The Hall–Kier alpha value is -0.340. The molecule has 1 N–H and O–H groups in total. The van der Waals surface area contributed by atoms with Gasteiger partial charge in [-0.1, -0.05) is 12.2 Å². The van der Waals surface area contributed by atoms with Crippen molar-refractivity contribution in [3.63, 3.8) is 0 Å². The van der Waals surface area contributed by atoms with Crippen LogP contribution in [0.15, 0.2) is 12.2 Å². The first-order valence-electron chi connectivity index (χ1n) is 4.93. The summed E-state index contributed by atoms with van der Waals surface area (Å²) in [6.07, 6.45) is 1.49. The maximum atomic E-state index is 9.90. The smallest absolute Gasteiger partial charge is 0.121 e. The topological polar surface area (TPSA) is 32.8 Å². The van der Waals surface area contributed by atoms with E-state index < -0.39 is 0 Å². The third kappa shape index (κ3) is 1.09. The van der Waals surface area contributed by atoms with Gasteiger partial charge >= 0.3 is 0 Å². The third-order valence-electron chi connectivity index (χ3n) is 3.92. The van der Waals surface area contributed by atoms with Gasteiger partial charge in [-0.2, -0.15) is 0 Å². The number of aliphatic hydroxyl groups excluding tert-OH is 1. The van der Waals surface area contributed by atoms with E-state index in [1.54, 1.807) is 0 Å². The predicted molar refractivity (Wildman–Crippen MR) is 51.4 cm³/mol. The molecule has 0 spiro atoms. The van der Waals surface area contributed by atoms with E-state index >= 15 is 0 Å². The molecule has 0 radical (unpaired) electrons. The highest BCUT2D eigenvalue weighted by molar-refractivity contribution is 5.21. The maximum Gasteiger partial charge on any atom is 0.121 e. The molecule has 0 aromatic rings. The van der Waals surface area contributed by atoms with Gasteiger partial charge in [-0.25, -0.2) is 0 Å². The van der Waals surface area contributed by atoms with Gasteiger partial charge in [-0.05, 0) is 39.5 Å². The fourth-order valence-corrected chi connectivity index (χ4v) is 2.53. The lowest BCUT2D eigenvalue weighted by molar-refractivity contribution is 0.0615. The fourth-order valence-electron chi connectivity index (χ4n) is 2.53. The average molecular weight is 182 g/mol. The normalized spacial score (nSPS) is 54.2. The van der Waals surface area contributed by atoms with Crippen molar-refractivity contribution >= 4 is 0 Å². The number of rotatable bonds is 1. The third-order valence-corrected chi connectivity index (χ3v) is 3.92. The Kier molecular flexibility index (Phi) is 1.68. The zero-order valence-electron chi connectivity index (χ0n) is 8.63. The van der Waals surface area contributed by atoms with Gasteiger partial charge < -0.3 is 9.84 Å². The van der Waals surface area contributed by atoms with Crippen molar-refractivity contribution in [2.45, 2.75) is 50.9 Å². The number of hydrogen-bond acceptors (Lipinski definition) is 2. The fraction of sp³-hybridized carbons (Fsp3) is 0.818. The highest BCUT2D eigenvalue weighted by Gasteiger charge is 2.70. The standard InChI is InChI=1S/C11H18O2/c1-7(2)8-5-9(12)11(4)10(3,6-8)13-11/h8-9,12H,1,5-6H2,2-4H3. The Morgan fingerprint density at radius 1 is 1.54 bits per heavy atom. The minimum absolute atomic E-state index is 0.103. The second-order valence-electron chi connectivity index (χ2n) is 4.94. The molecule has 2 aliphatic rings. The predicted octanol–water partition coefficient (Wildman–Crippen LogP) is 1.88. The Balaban J connectivity index is 2.17. The summed E-state index contributed by atoms with van der Waals surface area (Å²) in [6.45, 7) is 10.1. The van der Waals surface area contributed by atoms with E-state index in [2.05, 4.69) is 13.5 Å². The van der Waals surface area contributed by atoms with Crippen molar-refractivity contribution in [1.29, 1.82) is 0 Å². The van der Waals surface area contributed by atoms with E-state index in [0.29, 0.717) is 5.92 Å². The van der Waals surface area contributed by atoms with Crippen LogP contribution in [-0.4, -0.2) is 22.4 Å². The molecule has 13 heavy (non-hydrogen) atoms. The zero-order valence-corrected chi connectivity index (χ0v) is 8.63. The molecule has 2 heteroatoms. The average Bonchev–Trinajstić information content (AvgIpc) is 2.55. The van der Waals surface area contributed by atoms with Crippen LogP contribution in [-0.2, 0) is 4.74 Å². The Bertz CT molecular complexity index is 261. The second kappa shape index (κ2) is 2.37. The molecule has 0 amide bonds. The van der Waals surface area contributed by atoms with Crippen molar-refractivity contribution in [3.05, 3.63) is 12.2 Å². The number of allylic oxidation sites excluding steroid dienone is 1. The van der Waals surface area contributed by atoms with Gasteiger partial charge in [0.2, 0.25) is 0 Å². The van der Waals surface area contributed by atoms with E-state index in [-0.39, 0.29) is 17.3 Å². The van der Waals surface area contributed by atoms with E-state index in [9.17, 15) is 5.11 Å². The lowest BCUT2D eigenvalue weighted by Crippen LogP contribution is -2.41. The second-order valence-corrected chi connectivity index (χ2v) is 4.94. The van der Waals surface area contributed by atoms with Crippen LogP contribution < -0.4 is 0 Å². The van der Waals surface area contributed by atoms with E-state index in [1.165, 1.54) is 0 Å². The van der Waals surface area contributed by atoms with Crippen LogP contribution in [0.4, 0.5) is 0 Å². The summed E-state index contributed by atoms with van der Waals surface area (Å²) in [5, 5.41) is 9.90. The van der Waals surface area contributed by atoms with Crippen molar-refractivity contribution in [3.8, 4) is 0 Å². The molecule has 0 aromatic carbocycles. The Morgan fingerprint density at radius 3 is 2.62 bits per heavy atom. The first-order valence-corrected chi connectivity index (χ1v) is 4.93. The molecule has 1 aliphatic carbocycles. The summed E-state index contributed by atoms with van der Waals surface area (Å²) in [7, 11) is 0. The van der Waals surface area contributed by atoms with Crippen LogP contribution in [0.25, 0.3) is 0 Å². The van der Waals surface area contributed by atoms with Crippen LogP contribution >= 0.6 is 0 Å². The van der Waals surface area contributed by atoms with Gasteiger partial charge in [0.15, 0.2) is 0 Å². The van der Waals surface area contributed by atoms with Crippen LogP contribution in [0.3, 0.4) is 0 Å². The lowest BCUT2D eigenvalue weighted by atomic mass is 9.72. The van der Waals surface area contributed by atoms with Gasteiger partial charge in [-0.15, -0.1) is 0 Å². The summed E-state index contributed by atoms with van der Waals surface area (Å²) in [6, 6.07) is 0. The molecule has 2 rings (SSSR count). The first-order chi connectivity index (χ1) is 5.89. The van der Waals surface area contributed by atoms with Crippen LogP contribution in [0, 0.1) is 5.92 Å². The molecule has 0 bridgehead atoms. The van der Waals surface area contributed by atoms with E-state index in [4.69, 9.17) is 4.74 Å². The summed E-state index contributed by atoms with van der Waals surface area (Å²) in [5.74, 6) is 0.426. The van der Waals surface area contributed by atoms with Gasteiger partial charge in [0.05, 0.1) is 11.7 Å². The molecular weight excluding hydrogens is 164 g/mol. The Labute approximate surface area is 79.6 Å². The molecule has 1 saturated heterocycles. The van der Waals surface area contributed by atoms with Crippen molar-refractivity contribution in [2.75, 3.05) is 0 Å². The minimum atomic E-state index is -0.326. The highest BCUT2D eigenvalue weighted by atomic mass is 16.6. The van der Waals surface area contributed by atoms with Crippen molar-refractivity contribution in [2.24, 2.45) is 5.92 Å². The summed E-state index contributed by atoms with van der Waals surface area (Å²) in [5.41, 5.74) is 0.783. The van der Waals surface area contributed by atoms with Gasteiger partial charge in [0.25, 0.3) is 0 Å². The van der Waals surface area contributed by atoms with Crippen molar-refractivity contribution < 1.29 is 9.84 Å². The van der Waals surface area contributed by atoms with Crippen LogP contribution in [0.2, 0.25) is 0 Å². The molecule has 4 unspecified atom stereocenters. The number of ether oxygens (including phenoxy) is 1. The molecule has 0 aromatic heterocycles. The molecule has 74 valence electrons. The highest BCUT2D eigenvalue weighted by Crippen LogP contribution is 2.59. The molecule has 1 aliphatic heterocycles. The van der Waals surface area contributed by atoms with E-state index in [0.717, 1.165) is 18.4 Å². The summed E-state index contributed by atoms with van der Waals surface area (Å²) < 4.78 is 5.65.